The Morgan fingerprint density at radius 1 is 1.13 bits per heavy atom. The lowest BCUT2D eigenvalue weighted by atomic mass is 10.2. The predicted molar refractivity (Wildman–Crippen MR) is 120 cm³/mol. The predicted octanol–water partition coefficient (Wildman–Crippen LogP) is 4.58. The van der Waals surface area contributed by atoms with E-state index >= 15 is 0 Å². The van der Waals surface area contributed by atoms with Crippen molar-refractivity contribution in [3.63, 3.8) is 0 Å². The van der Waals surface area contributed by atoms with Gasteiger partial charge in [-0.15, -0.1) is 11.3 Å². The molecule has 154 valence electrons. The second-order valence-corrected chi connectivity index (χ2v) is 9.49. The molecule has 2 N–H and O–H groups in total. The maximum absolute atomic E-state index is 12.4. The number of rotatable bonds is 7. The Morgan fingerprint density at radius 3 is 2.67 bits per heavy atom. The highest BCUT2D eigenvalue weighted by Gasteiger charge is 2.15. The molecule has 7 nitrogen and oxygen atoms in total. The summed E-state index contributed by atoms with van der Waals surface area (Å²) in [5.41, 5.74) is 1.49. The Bertz CT molecular complexity index is 1280. The standard InChI is InChI=1S/C20H17ClN4O3S2/c21-15-2-1-14-7-10-25(18(14)13-15)11-8-19(26)23-16-3-5-17(6-4-16)30(27,28)24-20-22-9-12-29-20/h1-7,9-10,12-13H,8,11H2,(H,22,24)(H,23,26). The number of nitrogens with zero attached hydrogens (tertiary/aromatic N) is 2. The van der Waals surface area contributed by atoms with Crippen LogP contribution in [0.4, 0.5) is 10.8 Å². The van der Waals surface area contributed by atoms with Gasteiger partial charge in [-0.25, -0.2) is 13.4 Å². The fourth-order valence-electron chi connectivity index (χ4n) is 2.96. The van der Waals surface area contributed by atoms with Crippen molar-refractivity contribution in [3.8, 4) is 0 Å². The Hall–Kier alpha value is -2.88. The van der Waals surface area contributed by atoms with E-state index < -0.39 is 10.0 Å². The Balaban J connectivity index is 1.37. The first-order valence-corrected chi connectivity index (χ1v) is 11.7. The summed E-state index contributed by atoms with van der Waals surface area (Å²) in [6.45, 7) is 0.500. The lowest BCUT2D eigenvalue weighted by molar-refractivity contribution is -0.116. The fraction of sp³-hybridized carbons (Fsp3) is 0.100. The number of thiazole rings is 1. The molecule has 0 unspecified atom stereocenters. The molecular formula is C20H17ClN4O3S2. The number of aryl methyl sites for hydroxylation is 1. The smallest absolute Gasteiger partial charge is 0.263 e. The first-order chi connectivity index (χ1) is 14.4. The van der Waals surface area contributed by atoms with Gasteiger partial charge in [-0.2, -0.15) is 0 Å². The van der Waals surface area contributed by atoms with Gasteiger partial charge >= 0.3 is 0 Å². The molecule has 0 aliphatic heterocycles. The average molecular weight is 461 g/mol. The third kappa shape index (κ3) is 4.64. The van der Waals surface area contributed by atoms with Crippen molar-refractivity contribution < 1.29 is 13.2 Å². The molecule has 1 amide bonds. The summed E-state index contributed by atoms with van der Waals surface area (Å²) in [4.78, 5) is 16.3. The maximum Gasteiger partial charge on any atom is 0.263 e. The van der Waals surface area contributed by atoms with Crippen LogP contribution < -0.4 is 10.0 Å². The van der Waals surface area contributed by atoms with E-state index in [1.807, 2.05) is 35.0 Å². The van der Waals surface area contributed by atoms with Crippen LogP contribution >= 0.6 is 22.9 Å². The van der Waals surface area contributed by atoms with E-state index in [-0.39, 0.29) is 17.2 Å². The first-order valence-electron chi connectivity index (χ1n) is 8.97. The number of amides is 1. The van der Waals surface area contributed by atoms with Crippen LogP contribution in [-0.4, -0.2) is 23.9 Å². The van der Waals surface area contributed by atoms with Gasteiger partial charge in [0.25, 0.3) is 10.0 Å². The topological polar surface area (TPSA) is 93.1 Å². The number of carbonyl (C=O) groups excluding carboxylic acids is 1. The number of benzene rings is 2. The SMILES string of the molecule is O=C(CCn1ccc2ccc(Cl)cc21)Nc1ccc(S(=O)(=O)Nc2nccs2)cc1. The van der Waals surface area contributed by atoms with Crippen LogP contribution in [0.25, 0.3) is 10.9 Å². The van der Waals surface area contributed by atoms with Crippen molar-refractivity contribution in [1.29, 1.82) is 0 Å². The minimum atomic E-state index is -3.72. The van der Waals surface area contributed by atoms with Gasteiger partial charge in [0.15, 0.2) is 5.13 Å². The Morgan fingerprint density at radius 2 is 1.93 bits per heavy atom. The van der Waals surface area contributed by atoms with Crippen molar-refractivity contribution in [2.75, 3.05) is 10.0 Å². The van der Waals surface area contributed by atoms with Crippen molar-refractivity contribution in [3.05, 3.63) is 71.3 Å². The summed E-state index contributed by atoms with van der Waals surface area (Å²) in [7, 11) is -3.72. The van der Waals surface area contributed by atoms with Crippen molar-refractivity contribution in [2.24, 2.45) is 0 Å². The van der Waals surface area contributed by atoms with E-state index in [2.05, 4.69) is 15.0 Å². The van der Waals surface area contributed by atoms with Gasteiger partial charge in [-0.3, -0.25) is 9.52 Å². The average Bonchev–Trinajstić information content (AvgIpc) is 3.36. The normalized spacial score (nSPS) is 11.5. The van der Waals surface area contributed by atoms with Crippen molar-refractivity contribution >= 4 is 60.6 Å². The number of sulfonamides is 1. The van der Waals surface area contributed by atoms with Crippen LogP contribution in [0.15, 0.2) is 71.2 Å². The zero-order valence-corrected chi connectivity index (χ0v) is 18.0. The molecule has 0 atom stereocenters. The zero-order chi connectivity index (χ0) is 21.1. The van der Waals surface area contributed by atoms with Gasteiger partial charge in [0.1, 0.15) is 0 Å². The third-order valence-corrected chi connectivity index (χ3v) is 6.83. The lowest BCUT2D eigenvalue weighted by Crippen LogP contribution is -2.15. The summed E-state index contributed by atoms with van der Waals surface area (Å²) in [5.74, 6) is -0.171. The lowest BCUT2D eigenvalue weighted by Gasteiger charge is -2.09. The van der Waals surface area contributed by atoms with E-state index in [4.69, 9.17) is 11.6 Å². The molecule has 0 aliphatic carbocycles. The van der Waals surface area contributed by atoms with E-state index in [0.717, 1.165) is 10.9 Å². The molecule has 4 rings (SSSR count). The minimum absolute atomic E-state index is 0.0892. The molecular weight excluding hydrogens is 444 g/mol. The van der Waals surface area contributed by atoms with E-state index in [1.165, 1.54) is 29.7 Å². The number of aromatic nitrogens is 2. The van der Waals surface area contributed by atoms with Gasteiger partial charge in [0.05, 0.1) is 4.90 Å². The molecule has 0 saturated carbocycles. The number of carbonyl (C=O) groups is 1. The van der Waals surface area contributed by atoms with E-state index in [9.17, 15) is 13.2 Å². The molecule has 0 bridgehead atoms. The number of anilines is 2. The number of hydrogen-bond donors (Lipinski definition) is 2. The Kier molecular flexibility index (Phi) is 5.76. The molecule has 0 radical (unpaired) electrons. The second-order valence-electron chi connectivity index (χ2n) is 6.48. The monoisotopic (exact) mass is 460 g/mol. The second kappa shape index (κ2) is 8.47. The van der Waals surface area contributed by atoms with E-state index in [0.29, 0.717) is 22.4 Å². The van der Waals surface area contributed by atoms with Crippen LogP contribution in [-0.2, 0) is 21.4 Å². The third-order valence-electron chi connectivity index (χ3n) is 4.42. The molecule has 10 heteroatoms. The van der Waals surface area contributed by atoms with Crippen LogP contribution in [0.1, 0.15) is 6.42 Å². The van der Waals surface area contributed by atoms with Crippen molar-refractivity contribution in [1.82, 2.24) is 9.55 Å². The number of hydrogen-bond acceptors (Lipinski definition) is 5. The molecule has 2 heterocycles. The number of fused-ring (bicyclic) bond motifs is 1. The molecule has 0 spiro atoms. The Labute approximate surface area is 182 Å². The van der Waals surface area contributed by atoms with Crippen LogP contribution in [0.3, 0.4) is 0 Å². The summed E-state index contributed by atoms with van der Waals surface area (Å²) < 4.78 is 29.1. The summed E-state index contributed by atoms with van der Waals surface area (Å²) >= 11 is 7.25. The first kappa shape index (κ1) is 20.4. The van der Waals surface area contributed by atoms with Gasteiger partial charge < -0.3 is 9.88 Å². The largest absolute Gasteiger partial charge is 0.347 e. The molecule has 30 heavy (non-hydrogen) atoms. The van der Waals surface area contributed by atoms with Crippen LogP contribution in [0, 0.1) is 0 Å². The van der Waals surface area contributed by atoms with Crippen molar-refractivity contribution in [2.45, 2.75) is 17.9 Å². The summed E-state index contributed by atoms with van der Waals surface area (Å²) in [6, 6.07) is 13.6. The van der Waals surface area contributed by atoms with Gasteiger partial charge in [-0.05, 0) is 47.9 Å². The minimum Gasteiger partial charge on any atom is -0.347 e. The van der Waals surface area contributed by atoms with Gasteiger partial charge in [0, 0.05) is 47.0 Å². The molecule has 2 aromatic carbocycles. The zero-order valence-electron chi connectivity index (χ0n) is 15.6. The number of nitrogens with one attached hydrogen (secondary N) is 2. The molecule has 0 fully saturated rings. The van der Waals surface area contributed by atoms with Crippen LogP contribution in [0.2, 0.25) is 5.02 Å². The maximum atomic E-state index is 12.4. The quantitative estimate of drug-likeness (QED) is 0.422. The van der Waals surface area contributed by atoms with Crippen LogP contribution in [0.5, 0.6) is 0 Å². The number of halogens is 1. The van der Waals surface area contributed by atoms with Gasteiger partial charge in [-0.1, -0.05) is 17.7 Å². The highest BCUT2D eigenvalue weighted by atomic mass is 35.5. The highest BCUT2D eigenvalue weighted by molar-refractivity contribution is 7.93. The van der Waals surface area contributed by atoms with E-state index in [1.54, 1.807) is 17.5 Å². The molecule has 0 saturated heterocycles. The van der Waals surface area contributed by atoms with Gasteiger partial charge in [0.2, 0.25) is 5.91 Å². The summed E-state index contributed by atoms with van der Waals surface area (Å²) in [6.07, 6.45) is 3.71. The highest BCUT2D eigenvalue weighted by Crippen LogP contribution is 2.22. The molecule has 0 aliphatic rings. The molecule has 2 aromatic heterocycles. The fourth-order valence-corrected chi connectivity index (χ4v) is 4.92. The molecule has 4 aromatic rings. The summed E-state index contributed by atoms with van der Waals surface area (Å²) in [5, 5.41) is 6.47.